The maximum Gasteiger partial charge on any atom is 0.132 e. The van der Waals surface area contributed by atoms with Crippen LogP contribution in [0.15, 0.2) is 67.1 Å². The lowest BCUT2D eigenvalue weighted by Crippen LogP contribution is -2.51. The molecule has 3 atom stereocenters. The lowest BCUT2D eigenvalue weighted by Gasteiger charge is -2.53. The zero-order valence-corrected chi connectivity index (χ0v) is 19.5. The topological polar surface area (TPSA) is 55.2 Å². The Balaban J connectivity index is 1.45. The van der Waals surface area contributed by atoms with Crippen molar-refractivity contribution in [3.63, 3.8) is 0 Å². The number of ether oxygens (including phenoxy) is 1. The van der Waals surface area contributed by atoms with Gasteiger partial charge in [-0.15, -0.1) is 0 Å². The molecule has 1 fully saturated rings. The molecule has 0 saturated heterocycles. The highest BCUT2D eigenvalue weighted by Crippen LogP contribution is 2.55. The van der Waals surface area contributed by atoms with Crippen molar-refractivity contribution in [2.45, 2.75) is 75.9 Å². The monoisotopic (exact) mass is 442 g/mol. The van der Waals surface area contributed by atoms with Gasteiger partial charge in [0.25, 0.3) is 0 Å². The van der Waals surface area contributed by atoms with Gasteiger partial charge in [0, 0.05) is 17.8 Å². The highest BCUT2D eigenvalue weighted by atomic mass is 16.5. The molecule has 1 aromatic heterocycles. The Kier molecular flexibility index (Phi) is 6.20. The molecule has 4 nitrogen and oxygen atoms in total. The van der Waals surface area contributed by atoms with E-state index in [0.717, 1.165) is 62.8 Å². The summed E-state index contributed by atoms with van der Waals surface area (Å²) in [6, 6.07) is 17.6. The Hall–Kier alpha value is -2.72. The van der Waals surface area contributed by atoms with Crippen LogP contribution in [0.2, 0.25) is 0 Å². The van der Waals surface area contributed by atoms with Gasteiger partial charge in [-0.2, -0.15) is 0 Å². The Morgan fingerprint density at radius 2 is 1.97 bits per heavy atom. The molecule has 3 aromatic rings. The standard InChI is InChI=1S/C29H34N2O2/c1-2-12-28(32)13-14-29(18-22-6-4-3-5-7-22)24(19-28)9-8-23-17-26(10-11-27(23)29)33-21-25-20-30-15-16-31-25/h3-7,10-11,15-17,20,24,32H,2,8-9,12-14,18-19,21H2,1H3/t24-,28-,29+/m1/s1. The summed E-state index contributed by atoms with van der Waals surface area (Å²) in [5.74, 6) is 1.40. The second-order valence-electron chi connectivity index (χ2n) is 10.0. The fraction of sp³-hybridized carbons (Fsp3) is 0.448. The molecule has 0 spiro atoms. The van der Waals surface area contributed by atoms with E-state index in [9.17, 15) is 5.11 Å². The zero-order chi connectivity index (χ0) is 22.7. The Morgan fingerprint density at radius 1 is 1.09 bits per heavy atom. The summed E-state index contributed by atoms with van der Waals surface area (Å²) in [5, 5.41) is 11.3. The van der Waals surface area contributed by atoms with Crippen molar-refractivity contribution < 1.29 is 9.84 Å². The third kappa shape index (κ3) is 4.54. The molecule has 0 radical (unpaired) electrons. The van der Waals surface area contributed by atoms with Gasteiger partial charge in [-0.1, -0.05) is 49.7 Å². The number of hydrogen-bond donors (Lipinski definition) is 1. The van der Waals surface area contributed by atoms with Gasteiger partial charge in [-0.3, -0.25) is 9.97 Å². The van der Waals surface area contributed by atoms with Gasteiger partial charge >= 0.3 is 0 Å². The number of aromatic nitrogens is 2. The molecule has 0 amide bonds. The first-order chi connectivity index (χ1) is 16.1. The van der Waals surface area contributed by atoms with E-state index < -0.39 is 5.60 Å². The summed E-state index contributed by atoms with van der Waals surface area (Å²) in [6.45, 7) is 2.61. The molecule has 2 aliphatic rings. The normalized spacial score (nSPS) is 26.3. The SMILES string of the molecule is CCC[C@@]1(O)CC[C@@]2(Cc3ccccc3)c3ccc(OCc4cnccn4)cc3CC[C@@H]2C1. The first-order valence-corrected chi connectivity index (χ1v) is 12.4. The van der Waals surface area contributed by atoms with Crippen LogP contribution in [0.4, 0.5) is 0 Å². The van der Waals surface area contributed by atoms with Crippen molar-refractivity contribution in [1.29, 1.82) is 0 Å². The molecule has 33 heavy (non-hydrogen) atoms. The molecule has 1 heterocycles. The number of aryl methyl sites for hydroxylation is 1. The van der Waals surface area contributed by atoms with Gasteiger partial charge in [0.15, 0.2) is 0 Å². The number of benzene rings is 2. The van der Waals surface area contributed by atoms with E-state index in [-0.39, 0.29) is 5.41 Å². The van der Waals surface area contributed by atoms with Crippen LogP contribution in [-0.4, -0.2) is 20.7 Å². The summed E-state index contributed by atoms with van der Waals surface area (Å²) >= 11 is 0. The van der Waals surface area contributed by atoms with Crippen molar-refractivity contribution in [2.24, 2.45) is 5.92 Å². The number of aliphatic hydroxyl groups is 1. The molecular weight excluding hydrogens is 408 g/mol. The minimum Gasteiger partial charge on any atom is -0.487 e. The van der Waals surface area contributed by atoms with Crippen LogP contribution in [0.25, 0.3) is 0 Å². The van der Waals surface area contributed by atoms with E-state index in [1.54, 1.807) is 18.6 Å². The van der Waals surface area contributed by atoms with E-state index in [4.69, 9.17) is 4.74 Å². The lowest BCUT2D eigenvalue weighted by atomic mass is 9.52. The van der Waals surface area contributed by atoms with E-state index in [1.807, 2.05) is 0 Å². The molecule has 0 unspecified atom stereocenters. The summed E-state index contributed by atoms with van der Waals surface area (Å²) < 4.78 is 6.07. The molecule has 5 rings (SSSR count). The van der Waals surface area contributed by atoms with Gasteiger partial charge in [0.05, 0.1) is 17.5 Å². The van der Waals surface area contributed by atoms with Gasteiger partial charge in [-0.05, 0) is 79.7 Å². The van der Waals surface area contributed by atoms with Crippen molar-refractivity contribution in [3.05, 3.63) is 89.5 Å². The quantitative estimate of drug-likeness (QED) is 0.501. The lowest BCUT2D eigenvalue weighted by molar-refractivity contribution is -0.0565. The summed E-state index contributed by atoms with van der Waals surface area (Å²) in [7, 11) is 0. The van der Waals surface area contributed by atoms with Crippen molar-refractivity contribution in [3.8, 4) is 5.75 Å². The molecule has 0 bridgehead atoms. The third-order valence-corrected chi connectivity index (χ3v) is 7.90. The fourth-order valence-electron chi connectivity index (χ4n) is 6.37. The van der Waals surface area contributed by atoms with Crippen LogP contribution in [-0.2, 0) is 24.9 Å². The van der Waals surface area contributed by atoms with Crippen molar-refractivity contribution >= 4 is 0 Å². The van der Waals surface area contributed by atoms with Gasteiger partial charge in [0.1, 0.15) is 12.4 Å². The summed E-state index contributed by atoms with van der Waals surface area (Å²) in [5.41, 5.74) is 4.67. The molecule has 1 N–H and O–H groups in total. The molecular formula is C29H34N2O2. The van der Waals surface area contributed by atoms with Crippen LogP contribution < -0.4 is 4.74 Å². The largest absolute Gasteiger partial charge is 0.487 e. The van der Waals surface area contributed by atoms with Crippen LogP contribution in [0.3, 0.4) is 0 Å². The van der Waals surface area contributed by atoms with E-state index >= 15 is 0 Å². The second kappa shape index (κ2) is 9.26. The van der Waals surface area contributed by atoms with Gasteiger partial charge in [0.2, 0.25) is 0 Å². The third-order valence-electron chi connectivity index (χ3n) is 7.90. The van der Waals surface area contributed by atoms with Crippen LogP contribution in [0.5, 0.6) is 5.75 Å². The second-order valence-corrected chi connectivity index (χ2v) is 10.0. The minimum atomic E-state index is -0.503. The smallest absolute Gasteiger partial charge is 0.132 e. The molecule has 1 saturated carbocycles. The zero-order valence-electron chi connectivity index (χ0n) is 19.5. The maximum atomic E-state index is 11.3. The van der Waals surface area contributed by atoms with Crippen LogP contribution in [0, 0.1) is 5.92 Å². The van der Waals surface area contributed by atoms with Crippen molar-refractivity contribution in [1.82, 2.24) is 9.97 Å². The van der Waals surface area contributed by atoms with Crippen LogP contribution >= 0.6 is 0 Å². The molecule has 172 valence electrons. The highest BCUT2D eigenvalue weighted by Gasteiger charge is 2.51. The molecule has 2 aliphatic carbocycles. The van der Waals surface area contributed by atoms with E-state index in [0.29, 0.717) is 12.5 Å². The maximum absolute atomic E-state index is 11.3. The number of nitrogens with zero attached hydrogens (tertiary/aromatic N) is 2. The Labute approximate surface area is 197 Å². The summed E-state index contributed by atoms with van der Waals surface area (Å²) in [6.07, 6.45) is 13.1. The van der Waals surface area contributed by atoms with Crippen LogP contribution in [0.1, 0.15) is 67.8 Å². The predicted octanol–water partition coefficient (Wildman–Crippen LogP) is 5.81. The summed E-state index contributed by atoms with van der Waals surface area (Å²) in [4.78, 5) is 8.43. The van der Waals surface area contributed by atoms with Crippen molar-refractivity contribution in [2.75, 3.05) is 0 Å². The number of hydrogen-bond acceptors (Lipinski definition) is 4. The van der Waals surface area contributed by atoms with Gasteiger partial charge < -0.3 is 9.84 Å². The number of fused-ring (bicyclic) bond motifs is 3. The van der Waals surface area contributed by atoms with E-state index in [2.05, 4.69) is 65.4 Å². The Morgan fingerprint density at radius 3 is 2.76 bits per heavy atom. The van der Waals surface area contributed by atoms with E-state index in [1.165, 1.54) is 16.7 Å². The molecule has 2 aromatic carbocycles. The average molecular weight is 443 g/mol. The predicted molar refractivity (Wildman–Crippen MR) is 130 cm³/mol. The molecule has 0 aliphatic heterocycles. The first kappa shape index (κ1) is 22.1. The fourth-order valence-corrected chi connectivity index (χ4v) is 6.37. The first-order valence-electron chi connectivity index (χ1n) is 12.4. The molecule has 4 heteroatoms. The number of rotatable bonds is 7. The average Bonchev–Trinajstić information content (AvgIpc) is 2.84. The Bertz CT molecular complexity index is 1070. The highest BCUT2D eigenvalue weighted by molar-refractivity contribution is 5.45. The van der Waals surface area contributed by atoms with Gasteiger partial charge in [-0.25, -0.2) is 0 Å². The minimum absolute atomic E-state index is 0.0817.